The SMILES string of the molecule is Cn1cnc2cc(C(=O)N3CCC(C(=O)N4CCCC4)CC3)ccc2c1=O. The molecular formula is C20H24N4O3. The van der Waals surface area contributed by atoms with Gasteiger partial charge in [0.25, 0.3) is 11.5 Å². The molecule has 1 aromatic carbocycles. The van der Waals surface area contributed by atoms with Gasteiger partial charge in [-0.1, -0.05) is 0 Å². The van der Waals surface area contributed by atoms with Gasteiger partial charge in [0.15, 0.2) is 0 Å². The topological polar surface area (TPSA) is 75.5 Å². The number of hydrogen-bond donors (Lipinski definition) is 0. The van der Waals surface area contributed by atoms with Crippen LogP contribution in [0.15, 0.2) is 29.3 Å². The second kappa shape index (κ2) is 7.13. The molecule has 142 valence electrons. The van der Waals surface area contributed by atoms with Crippen molar-refractivity contribution >= 4 is 22.7 Å². The summed E-state index contributed by atoms with van der Waals surface area (Å²) < 4.78 is 1.42. The summed E-state index contributed by atoms with van der Waals surface area (Å²) in [6.45, 7) is 2.93. The summed E-state index contributed by atoms with van der Waals surface area (Å²) in [4.78, 5) is 45.5. The van der Waals surface area contributed by atoms with Gasteiger partial charge in [0.2, 0.25) is 5.91 Å². The first kappa shape index (κ1) is 17.7. The minimum absolute atomic E-state index is 0.0356. The quantitative estimate of drug-likeness (QED) is 0.803. The van der Waals surface area contributed by atoms with Crippen LogP contribution in [0.4, 0.5) is 0 Å². The van der Waals surface area contributed by atoms with Gasteiger partial charge in [-0.25, -0.2) is 4.98 Å². The third-order valence-corrected chi connectivity index (χ3v) is 5.71. The van der Waals surface area contributed by atoms with Crippen molar-refractivity contribution in [3.05, 3.63) is 40.4 Å². The van der Waals surface area contributed by atoms with Crippen LogP contribution in [0.5, 0.6) is 0 Å². The first-order valence-electron chi connectivity index (χ1n) is 9.58. The van der Waals surface area contributed by atoms with E-state index in [0.29, 0.717) is 42.4 Å². The van der Waals surface area contributed by atoms with Gasteiger partial charge in [-0.05, 0) is 43.9 Å². The van der Waals surface area contributed by atoms with Crippen LogP contribution in [0.25, 0.3) is 10.9 Å². The minimum atomic E-state index is -0.125. The van der Waals surface area contributed by atoms with Crippen molar-refractivity contribution in [2.24, 2.45) is 13.0 Å². The van der Waals surface area contributed by atoms with Crippen LogP contribution in [-0.2, 0) is 11.8 Å². The number of aryl methyl sites for hydroxylation is 1. The third kappa shape index (κ3) is 3.34. The van der Waals surface area contributed by atoms with Crippen molar-refractivity contribution in [2.45, 2.75) is 25.7 Å². The largest absolute Gasteiger partial charge is 0.342 e. The predicted molar refractivity (Wildman–Crippen MR) is 101 cm³/mol. The number of benzene rings is 1. The third-order valence-electron chi connectivity index (χ3n) is 5.71. The van der Waals surface area contributed by atoms with E-state index in [1.807, 2.05) is 4.90 Å². The van der Waals surface area contributed by atoms with Gasteiger partial charge in [-0.15, -0.1) is 0 Å². The highest BCUT2D eigenvalue weighted by Gasteiger charge is 2.31. The summed E-state index contributed by atoms with van der Waals surface area (Å²) in [7, 11) is 1.65. The summed E-state index contributed by atoms with van der Waals surface area (Å²) in [6.07, 6.45) is 5.10. The zero-order valence-corrected chi connectivity index (χ0v) is 15.6. The second-order valence-corrected chi connectivity index (χ2v) is 7.49. The highest BCUT2D eigenvalue weighted by molar-refractivity contribution is 5.97. The molecule has 27 heavy (non-hydrogen) atoms. The van der Waals surface area contributed by atoms with E-state index in [0.717, 1.165) is 25.9 Å². The van der Waals surface area contributed by atoms with Crippen molar-refractivity contribution in [3.8, 4) is 0 Å². The van der Waals surface area contributed by atoms with Crippen LogP contribution in [0, 0.1) is 5.92 Å². The molecule has 1 aromatic heterocycles. The molecule has 0 radical (unpaired) electrons. The molecule has 4 rings (SSSR count). The van der Waals surface area contributed by atoms with E-state index in [9.17, 15) is 14.4 Å². The molecule has 2 fully saturated rings. The molecule has 2 aliphatic heterocycles. The van der Waals surface area contributed by atoms with Crippen LogP contribution in [0.3, 0.4) is 0 Å². The Morgan fingerprint density at radius 1 is 1.04 bits per heavy atom. The Kier molecular flexibility index (Phi) is 4.68. The highest BCUT2D eigenvalue weighted by atomic mass is 16.2. The van der Waals surface area contributed by atoms with E-state index < -0.39 is 0 Å². The van der Waals surface area contributed by atoms with E-state index in [2.05, 4.69) is 4.98 Å². The fraction of sp³-hybridized carbons (Fsp3) is 0.500. The predicted octanol–water partition coefficient (Wildman–Crippen LogP) is 1.41. The molecule has 0 unspecified atom stereocenters. The molecule has 2 aromatic rings. The van der Waals surface area contributed by atoms with Crippen LogP contribution in [0.1, 0.15) is 36.0 Å². The smallest absolute Gasteiger partial charge is 0.260 e. The van der Waals surface area contributed by atoms with Crippen LogP contribution in [0.2, 0.25) is 0 Å². The summed E-state index contributed by atoms with van der Waals surface area (Å²) in [5.41, 5.74) is 0.941. The number of likely N-dealkylation sites (tertiary alicyclic amines) is 2. The van der Waals surface area contributed by atoms with Gasteiger partial charge in [-0.3, -0.25) is 14.4 Å². The molecule has 2 amide bonds. The van der Waals surface area contributed by atoms with E-state index in [-0.39, 0.29) is 23.3 Å². The number of aromatic nitrogens is 2. The molecule has 0 saturated carbocycles. The van der Waals surface area contributed by atoms with Crippen LogP contribution < -0.4 is 5.56 Å². The summed E-state index contributed by atoms with van der Waals surface area (Å²) in [5.74, 6) is 0.227. The number of amides is 2. The number of fused-ring (bicyclic) bond motifs is 1. The average Bonchev–Trinajstić information content (AvgIpc) is 3.24. The molecule has 2 aliphatic rings. The first-order chi connectivity index (χ1) is 13.0. The van der Waals surface area contributed by atoms with Crippen LogP contribution >= 0.6 is 0 Å². The lowest BCUT2D eigenvalue weighted by molar-refractivity contribution is -0.135. The molecule has 3 heterocycles. The van der Waals surface area contributed by atoms with Crippen molar-refractivity contribution in [3.63, 3.8) is 0 Å². The fourth-order valence-electron chi connectivity index (χ4n) is 4.05. The Balaban J connectivity index is 1.45. The summed E-state index contributed by atoms with van der Waals surface area (Å²) in [6, 6.07) is 5.04. The van der Waals surface area contributed by atoms with Crippen molar-refractivity contribution in [2.75, 3.05) is 26.2 Å². The Labute approximate surface area is 157 Å². The summed E-state index contributed by atoms with van der Waals surface area (Å²) >= 11 is 0. The maximum atomic E-state index is 12.8. The van der Waals surface area contributed by atoms with Gasteiger partial charge < -0.3 is 14.4 Å². The molecule has 0 N–H and O–H groups in total. The molecule has 0 spiro atoms. The zero-order chi connectivity index (χ0) is 19.0. The first-order valence-corrected chi connectivity index (χ1v) is 9.58. The number of carbonyl (C=O) groups excluding carboxylic acids is 2. The molecular weight excluding hydrogens is 344 g/mol. The Hall–Kier alpha value is -2.70. The van der Waals surface area contributed by atoms with Gasteiger partial charge in [0.05, 0.1) is 17.2 Å². The summed E-state index contributed by atoms with van der Waals surface area (Å²) in [5, 5.41) is 0.506. The molecule has 7 heteroatoms. The maximum Gasteiger partial charge on any atom is 0.260 e. The highest BCUT2D eigenvalue weighted by Crippen LogP contribution is 2.23. The molecule has 0 bridgehead atoms. The monoisotopic (exact) mass is 368 g/mol. The zero-order valence-electron chi connectivity index (χ0n) is 15.6. The maximum absolute atomic E-state index is 12.8. The van der Waals surface area contributed by atoms with Gasteiger partial charge in [0.1, 0.15) is 0 Å². The van der Waals surface area contributed by atoms with Gasteiger partial charge in [0, 0.05) is 44.7 Å². The number of nitrogens with zero attached hydrogens (tertiary/aromatic N) is 4. The van der Waals surface area contributed by atoms with Gasteiger partial charge in [-0.2, -0.15) is 0 Å². The Morgan fingerprint density at radius 3 is 2.44 bits per heavy atom. The number of hydrogen-bond acceptors (Lipinski definition) is 4. The molecule has 0 aliphatic carbocycles. The Bertz CT molecular complexity index is 938. The Morgan fingerprint density at radius 2 is 1.74 bits per heavy atom. The lowest BCUT2D eigenvalue weighted by Gasteiger charge is -2.33. The van der Waals surface area contributed by atoms with E-state index >= 15 is 0 Å². The van der Waals surface area contributed by atoms with Gasteiger partial charge >= 0.3 is 0 Å². The standard InChI is InChI=1S/C20H24N4O3/c1-22-13-21-17-12-15(4-5-16(17)20(22)27)19(26)24-10-6-14(7-11-24)18(25)23-8-2-3-9-23/h4-5,12-14H,2-3,6-11H2,1H3. The average molecular weight is 368 g/mol. The van der Waals surface area contributed by atoms with E-state index in [4.69, 9.17) is 0 Å². The van der Waals surface area contributed by atoms with Crippen LogP contribution in [-0.4, -0.2) is 57.3 Å². The molecule has 0 atom stereocenters. The van der Waals surface area contributed by atoms with E-state index in [1.54, 1.807) is 30.1 Å². The number of carbonyl (C=O) groups is 2. The van der Waals surface area contributed by atoms with Crippen molar-refractivity contribution in [1.29, 1.82) is 0 Å². The lowest BCUT2D eigenvalue weighted by Crippen LogP contribution is -2.43. The molecule has 7 nitrogen and oxygen atoms in total. The second-order valence-electron chi connectivity index (χ2n) is 7.49. The normalized spacial score (nSPS) is 18.3. The van der Waals surface area contributed by atoms with E-state index in [1.165, 1.54) is 10.9 Å². The minimum Gasteiger partial charge on any atom is -0.342 e. The number of rotatable bonds is 2. The number of piperidine rings is 1. The lowest BCUT2D eigenvalue weighted by atomic mass is 9.95. The van der Waals surface area contributed by atoms with Crippen molar-refractivity contribution in [1.82, 2.24) is 19.4 Å². The fourth-order valence-corrected chi connectivity index (χ4v) is 4.05. The van der Waals surface area contributed by atoms with Crippen molar-refractivity contribution < 1.29 is 9.59 Å². The molecule has 2 saturated heterocycles.